The number of hydrogen-bond donors (Lipinski definition) is 1. The quantitative estimate of drug-likeness (QED) is 0.659. The molecule has 4 heteroatoms. The number of halogens is 1. The van der Waals surface area contributed by atoms with E-state index in [2.05, 4.69) is 21.2 Å². The molecule has 0 aliphatic carbocycles. The second-order valence-electron chi connectivity index (χ2n) is 4.83. The van der Waals surface area contributed by atoms with E-state index in [-0.39, 0.29) is 17.5 Å². The third kappa shape index (κ3) is 4.31. The van der Waals surface area contributed by atoms with Gasteiger partial charge < -0.3 is 5.32 Å². The van der Waals surface area contributed by atoms with Crippen molar-refractivity contribution >= 4 is 27.9 Å². The van der Waals surface area contributed by atoms with E-state index in [1.54, 1.807) is 6.08 Å². The molecule has 1 amide bonds. The Morgan fingerprint density at radius 1 is 1.18 bits per heavy atom. The molecule has 0 heterocycles. The third-order valence-electron chi connectivity index (χ3n) is 3.19. The first-order valence-electron chi connectivity index (χ1n) is 6.83. The SMILES string of the molecule is C[C@@H](NC(=O)/C(C#N)=C/c1ccc(Br)cc1)c1ccccc1. The summed E-state index contributed by atoms with van der Waals surface area (Å²) in [5.41, 5.74) is 1.89. The number of carbonyl (C=O) groups is 1. The zero-order valence-corrected chi connectivity index (χ0v) is 13.7. The Morgan fingerprint density at radius 2 is 1.82 bits per heavy atom. The van der Waals surface area contributed by atoms with Gasteiger partial charge in [0.1, 0.15) is 11.6 Å². The Labute approximate surface area is 138 Å². The zero-order valence-electron chi connectivity index (χ0n) is 12.1. The highest BCUT2D eigenvalue weighted by Crippen LogP contribution is 2.15. The molecule has 0 unspecified atom stereocenters. The van der Waals surface area contributed by atoms with Crippen molar-refractivity contribution in [1.82, 2.24) is 5.32 Å². The Hall–Kier alpha value is -2.38. The summed E-state index contributed by atoms with van der Waals surface area (Å²) in [6.45, 7) is 1.89. The van der Waals surface area contributed by atoms with Crippen LogP contribution in [0.25, 0.3) is 6.08 Å². The van der Waals surface area contributed by atoms with Crippen LogP contribution in [0.2, 0.25) is 0 Å². The largest absolute Gasteiger partial charge is 0.345 e. The second kappa shape index (κ2) is 7.58. The molecule has 1 atom stereocenters. The molecule has 0 aromatic heterocycles. The molecule has 0 radical (unpaired) electrons. The molecular formula is C18H15BrN2O. The van der Waals surface area contributed by atoms with Gasteiger partial charge in [-0.25, -0.2) is 0 Å². The van der Waals surface area contributed by atoms with Gasteiger partial charge in [0.15, 0.2) is 0 Å². The molecule has 2 rings (SSSR count). The third-order valence-corrected chi connectivity index (χ3v) is 3.72. The summed E-state index contributed by atoms with van der Waals surface area (Å²) >= 11 is 3.35. The molecule has 0 saturated carbocycles. The van der Waals surface area contributed by atoms with E-state index < -0.39 is 0 Å². The van der Waals surface area contributed by atoms with Crippen molar-refractivity contribution in [3.05, 3.63) is 75.8 Å². The fourth-order valence-corrected chi connectivity index (χ4v) is 2.24. The smallest absolute Gasteiger partial charge is 0.262 e. The number of nitrogens with one attached hydrogen (secondary N) is 1. The fraction of sp³-hybridized carbons (Fsp3) is 0.111. The van der Waals surface area contributed by atoms with Gasteiger partial charge in [-0.15, -0.1) is 0 Å². The fourth-order valence-electron chi connectivity index (χ4n) is 1.97. The predicted molar refractivity (Wildman–Crippen MR) is 90.7 cm³/mol. The molecule has 22 heavy (non-hydrogen) atoms. The van der Waals surface area contributed by atoms with Crippen molar-refractivity contribution in [2.75, 3.05) is 0 Å². The molecule has 0 saturated heterocycles. The Bertz CT molecular complexity index is 715. The maximum Gasteiger partial charge on any atom is 0.262 e. The lowest BCUT2D eigenvalue weighted by atomic mass is 10.1. The van der Waals surface area contributed by atoms with E-state index in [1.807, 2.05) is 67.6 Å². The van der Waals surface area contributed by atoms with Gasteiger partial charge in [-0.1, -0.05) is 58.4 Å². The molecule has 110 valence electrons. The number of nitriles is 1. The molecule has 0 aliphatic rings. The molecule has 1 N–H and O–H groups in total. The predicted octanol–water partition coefficient (Wildman–Crippen LogP) is 4.23. The summed E-state index contributed by atoms with van der Waals surface area (Å²) in [4.78, 5) is 12.2. The van der Waals surface area contributed by atoms with Gasteiger partial charge in [0.05, 0.1) is 6.04 Å². The van der Waals surface area contributed by atoms with Crippen LogP contribution in [0.5, 0.6) is 0 Å². The summed E-state index contributed by atoms with van der Waals surface area (Å²) in [6, 6.07) is 18.9. The molecule has 0 aliphatic heterocycles. The maximum atomic E-state index is 12.2. The van der Waals surface area contributed by atoms with Crippen LogP contribution >= 0.6 is 15.9 Å². The van der Waals surface area contributed by atoms with Gasteiger partial charge in [0, 0.05) is 4.47 Å². The molecular weight excluding hydrogens is 340 g/mol. The van der Waals surface area contributed by atoms with Crippen LogP contribution in [0.4, 0.5) is 0 Å². The Morgan fingerprint density at radius 3 is 2.41 bits per heavy atom. The average molecular weight is 355 g/mol. The number of amides is 1. The molecule has 3 nitrogen and oxygen atoms in total. The molecule has 2 aromatic rings. The second-order valence-corrected chi connectivity index (χ2v) is 5.74. The minimum atomic E-state index is -0.373. The van der Waals surface area contributed by atoms with Crippen molar-refractivity contribution in [3.63, 3.8) is 0 Å². The highest BCUT2D eigenvalue weighted by Gasteiger charge is 2.13. The van der Waals surface area contributed by atoms with Gasteiger partial charge in [-0.05, 0) is 36.3 Å². The highest BCUT2D eigenvalue weighted by atomic mass is 79.9. The van der Waals surface area contributed by atoms with Gasteiger partial charge in [-0.3, -0.25) is 4.79 Å². The van der Waals surface area contributed by atoms with E-state index in [1.165, 1.54) is 0 Å². The minimum Gasteiger partial charge on any atom is -0.345 e. The summed E-state index contributed by atoms with van der Waals surface area (Å²) in [5, 5.41) is 12.0. The molecule has 0 fully saturated rings. The first-order chi connectivity index (χ1) is 10.6. The van der Waals surface area contributed by atoms with Crippen LogP contribution in [0, 0.1) is 11.3 Å². The van der Waals surface area contributed by atoms with Crippen molar-refractivity contribution < 1.29 is 4.79 Å². The number of hydrogen-bond acceptors (Lipinski definition) is 2. The first-order valence-corrected chi connectivity index (χ1v) is 7.62. The molecule has 0 spiro atoms. The van der Waals surface area contributed by atoms with Crippen molar-refractivity contribution in [3.8, 4) is 6.07 Å². The first kappa shape index (κ1) is 16.0. The lowest BCUT2D eigenvalue weighted by Crippen LogP contribution is -2.27. The number of rotatable bonds is 4. The lowest BCUT2D eigenvalue weighted by Gasteiger charge is -2.13. The van der Waals surface area contributed by atoms with Crippen molar-refractivity contribution in [2.24, 2.45) is 0 Å². The van der Waals surface area contributed by atoms with Crippen LogP contribution in [-0.4, -0.2) is 5.91 Å². The Kier molecular flexibility index (Phi) is 5.51. The summed E-state index contributed by atoms with van der Waals surface area (Å²) < 4.78 is 0.949. The summed E-state index contributed by atoms with van der Waals surface area (Å²) in [6.07, 6.45) is 1.58. The van der Waals surface area contributed by atoms with E-state index in [0.29, 0.717) is 0 Å². The van der Waals surface area contributed by atoms with Crippen LogP contribution in [0.15, 0.2) is 64.6 Å². The zero-order chi connectivity index (χ0) is 15.9. The van der Waals surface area contributed by atoms with E-state index in [9.17, 15) is 10.1 Å². The Balaban J connectivity index is 2.12. The number of nitrogens with zero attached hydrogens (tertiary/aromatic N) is 1. The number of benzene rings is 2. The standard InChI is InChI=1S/C18H15BrN2O/c1-13(15-5-3-2-4-6-15)21-18(22)16(12-20)11-14-7-9-17(19)10-8-14/h2-11,13H,1H3,(H,21,22)/b16-11+/t13-/m1/s1. The van der Waals surface area contributed by atoms with Crippen LogP contribution in [0.3, 0.4) is 0 Å². The summed E-state index contributed by atoms with van der Waals surface area (Å²) in [7, 11) is 0. The highest BCUT2D eigenvalue weighted by molar-refractivity contribution is 9.10. The van der Waals surface area contributed by atoms with Crippen molar-refractivity contribution in [2.45, 2.75) is 13.0 Å². The normalized spacial score (nSPS) is 12.3. The molecule has 0 bridgehead atoms. The van der Waals surface area contributed by atoms with Gasteiger partial charge >= 0.3 is 0 Å². The maximum absolute atomic E-state index is 12.2. The van der Waals surface area contributed by atoms with Crippen LogP contribution < -0.4 is 5.32 Å². The van der Waals surface area contributed by atoms with Crippen molar-refractivity contribution in [1.29, 1.82) is 5.26 Å². The van der Waals surface area contributed by atoms with Gasteiger partial charge in [0.2, 0.25) is 0 Å². The topological polar surface area (TPSA) is 52.9 Å². The minimum absolute atomic E-state index is 0.0881. The lowest BCUT2D eigenvalue weighted by molar-refractivity contribution is -0.117. The van der Waals surface area contributed by atoms with Gasteiger partial charge in [0.25, 0.3) is 5.91 Å². The van der Waals surface area contributed by atoms with E-state index >= 15 is 0 Å². The van der Waals surface area contributed by atoms with Crippen LogP contribution in [-0.2, 0) is 4.79 Å². The summed E-state index contributed by atoms with van der Waals surface area (Å²) in [5.74, 6) is -0.373. The van der Waals surface area contributed by atoms with E-state index in [4.69, 9.17) is 0 Å². The van der Waals surface area contributed by atoms with Crippen LogP contribution in [0.1, 0.15) is 24.1 Å². The number of carbonyl (C=O) groups excluding carboxylic acids is 1. The van der Waals surface area contributed by atoms with Gasteiger partial charge in [-0.2, -0.15) is 5.26 Å². The molecule has 2 aromatic carbocycles. The van der Waals surface area contributed by atoms with E-state index in [0.717, 1.165) is 15.6 Å². The monoisotopic (exact) mass is 354 g/mol. The average Bonchev–Trinajstić information content (AvgIpc) is 2.55.